The number of hydrogen-bond acceptors (Lipinski definition) is 10. The van der Waals surface area contributed by atoms with Crippen molar-refractivity contribution in [1.82, 2.24) is 29.4 Å². The van der Waals surface area contributed by atoms with Gasteiger partial charge in [0.2, 0.25) is 0 Å². The molecule has 2 aliphatic rings. The highest BCUT2D eigenvalue weighted by molar-refractivity contribution is 5.85. The van der Waals surface area contributed by atoms with Crippen LogP contribution in [0.3, 0.4) is 0 Å². The van der Waals surface area contributed by atoms with Crippen molar-refractivity contribution in [3.05, 3.63) is 129 Å². The van der Waals surface area contributed by atoms with Gasteiger partial charge in [-0.3, -0.25) is 4.90 Å². The molecule has 0 radical (unpaired) electrons. The standard InChI is InChI=1S/C24H26N4O2.C22H22N4O2/c1-3-7-26-9-11-27(12-10-26)19-5-4-18-14-21(24(29)30-23(18)16-19)22-15-20-13-17(2)6-8-28(20)25-22;1-15-5-9-26-18(11-15)13-20(24-26)19-12-16-3-4-17(14-21(16)28-22(19)27)25-8-2-6-23-7-10-25/h4-6,8,13-16H,3,7,9-12H2,1-2H3;3-5,9,11-14,23H,2,6-8,10H2,1H3. The lowest BCUT2D eigenvalue weighted by molar-refractivity contribution is 0.258. The van der Waals surface area contributed by atoms with Crippen LogP contribution in [0.5, 0.6) is 0 Å². The van der Waals surface area contributed by atoms with Gasteiger partial charge in [0.1, 0.15) is 22.6 Å². The molecule has 296 valence electrons. The van der Waals surface area contributed by atoms with Gasteiger partial charge in [-0.15, -0.1) is 0 Å². The van der Waals surface area contributed by atoms with Crippen LogP contribution in [0.2, 0.25) is 0 Å². The molecule has 6 aromatic heterocycles. The van der Waals surface area contributed by atoms with E-state index in [-0.39, 0.29) is 11.3 Å². The molecule has 2 saturated heterocycles. The van der Waals surface area contributed by atoms with Crippen LogP contribution in [0.15, 0.2) is 116 Å². The maximum Gasteiger partial charge on any atom is 0.345 e. The van der Waals surface area contributed by atoms with Crippen LogP contribution in [0, 0.1) is 13.8 Å². The Labute approximate surface area is 335 Å². The second-order valence-electron chi connectivity index (χ2n) is 15.5. The largest absolute Gasteiger partial charge is 0.422 e. The van der Waals surface area contributed by atoms with Crippen molar-refractivity contribution in [2.75, 3.05) is 68.7 Å². The van der Waals surface area contributed by atoms with Gasteiger partial charge >= 0.3 is 11.3 Å². The Morgan fingerprint density at radius 2 is 1.14 bits per heavy atom. The first kappa shape index (κ1) is 37.3. The molecule has 1 N–H and O–H groups in total. The van der Waals surface area contributed by atoms with E-state index in [2.05, 4.69) is 49.3 Å². The lowest BCUT2D eigenvalue weighted by Gasteiger charge is -2.36. The molecule has 0 spiro atoms. The van der Waals surface area contributed by atoms with Crippen LogP contribution >= 0.6 is 0 Å². The number of aromatic nitrogens is 4. The number of pyridine rings is 2. The predicted molar refractivity (Wildman–Crippen MR) is 231 cm³/mol. The van der Waals surface area contributed by atoms with Crippen LogP contribution in [-0.4, -0.2) is 83.0 Å². The predicted octanol–water partition coefficient (Wildman–Crippen LogP) is 7.16. The molecule has 2 aliphatic heterocycles. The van der Waals surface area contributed by atoms with E-state index in [1.165, 1.54) is 6.42 Å². The maximum atomic E-state index is 12.7. The van der Waals surface area contributed by atoms with Gasteiger partial charge in [0.25, 0.3) is 0 Å². The normalized spacial score (nSPS) is 15.3. The molecular formula is C46H48N8O4. The van der Waals surface area contributed by atoms with Crippen molar-refractivity contribution in [3.8, 4) is 22.5 Å². The zero-order valence-electron chi connectivity index (χ0n) is 33.3. The van der Waals surface area contributed by atoms with Crippen molar-refractivity contribution in [3.63, 3.8) is 0 Å². The summed E-state index contributed by atoms with van der Waals surface area (Å²) in [5, 5.41) is 14.3. The third kappa shape index (κ3) is 7.72. The van der Waals surface area contributed by atoms with Gasteiger partial charge in [0.05, 0.1) is 22.2 Å². The van der Waals surface area contributed by atoms with Crippen LogP contribution < -0.4 is 26.4 Å². The first-order valence-corrected chi connectivity index (χ1v) is 20.3. The molecule has 8 aromatic rings. The molecule has 12 nitrogen and oxygen atoms in total. The molecule has 12 heteroatoms. The van der Waals surface area contributed by atoms with Crippen molar-refractivity contribution in [2.45, 2.75) is 33.6 Å². The average Bonchev–Trinajstić information content (AvgIpc) is 3.74. The van der Waals surface area contributed by atoms with Crippen LogP contribution in [0.4, 0.5) is 11.4 Å². The van der Waals surface area contributed by atoms with Gasteiger partial charge in [0, 0.05) is 92.5 Å². The molecule has 10 rings (SSSR count). The Morgan fingerprint density at radius 3 is 1.67 bits per heavy atom. The van der Waals surface area contributed by atoms with Crippen molar-refractivity contribution < 1.29 is 8.83 Å². The van der Waals surface area contributed by atoms with E-state index in [4.69, 9.17) is 8.83 Å². The zero-order valence-corrected chi connectivity index (χ0v) is 33.3. The third-order valence-electron chi connectivity index (χ3n) is 11.2. The summed E-state index contributed by atoms with van der Waals surface area (Å²) in [6, 6.07) is 27.9. The number of piperazine rings is 1. The number of rotatable bonds is 6. The summed E-state index contributed by atoms with van der Waals surface area (Å²) in [5.41, 5.74) is 9.19. The van der Waals surface area contributed by atoms with Gasteiger partial charge < -0.3 is 24.0 Å². The summed E-state index contributed by atoms with van der Waals surface area (Å²) in [6.07, 6.45) is 6.10. The summed E-state index contributed by atoms with van der Waals surface area (Å²) < 4.78 is 15.0. The molecule has 0 bridgehead atoms. The van der Waals surface area contributed by atoms with E-state index < -0.39 is 0 Å². The van der Waals surface area contributed by atoms with E-state index in [9.17, 15) is 9.59 Å². The quantitative estimate of drug-likeness (QED) is 0.174. The molecule has 0 aliphatic carbocycles. The molecule has 0 atom stereocenters. The minimum Gasteiger partial charge on any atom is -0.422 e. The van der Waals surface area contributed by atoms with Gasteiger partial charge in [-0.25, -0.2) is 18.6 Å². The highest BCUT2D eigenvalue weighted by Crippen LogP contribution is 2.28. The summed E-state index contributed by atoms with van der Waals surface area (Å²) >= 11 is 0. The van der Waals surface area contributed by atoms with Crippen molar-refractivity contribution >= 4 is 44.3 Å². The van der Waals surface area contributed by atoms with Crippen molar-refractivity contribution in [1.29, 1.82) is 0 Å². The summed E-state index contributed by atoms with van der Waals surface area (Å²) in [4.78, 5) is 32.6. The first-order valence-electron chi connectivity index (χ1n) is 20.3. The number of anilines is 2. The first-order chi connectivity index (χ1) is 28.3. The Kier molecular flexibility index (Phi) is 10.3. The van der Waals surface area contributed by atoms with E-state index in [1.807, 2.05) is 99.0 Å². The smallest absolute Gasteiger partial charge is 0.345 e. The Bertz CT molecular complexity index is 2870. The number of nitrogens with zero attached hydrogens (tertiary/aromatic N) is 7. The highest BCUT2D eigenvalue weighted by Gasteiger charge is 2.19. The number of hydrogen-bond donors (Lipinski definition) is 1. The molecular weight excluding hydrogens is 729 g/mol. The maximum absolute atomic E-state index is 12.7. The zero-order chi connectivity index (χ0) is 39.8. The molecule has 0 amide bonds. The topological polar surface area (TPSA) is 117 Å². The second kappa shape index (κ2) is 16.0. The second-order valence-corrected chi connectivity index (χ2v) is 15.5. The van der Waals surface area contributed by atoms with E-state index in [0.717, 1.165) is 110 Å². The van der Waals surface area contributed by atoms with Crippen LogP contribution in [0.25, 0.3) is 55.5 Å². The minimum atomic E-state index is -0.359. The third-order valence-corrected chi connectivity index (χ3v) is 11.2. The van der Waals surface area contributed by atoms with Gasteiger partial charge in [-0.2, -0.15) is 10.2 Å². The van der Waals surface area contributed by atoms with Crippen molar-refractivity contribution in [2.24, 2.45) is 0 Å². The number of fused-ring (bicyclic) bond motifs is 4. The Morgan fingerprint density at radius 1 is 0.603 bits per heavy atom. The summed E-state index contributed by atoms with van der Waals surface area (Å²) in [7, 11) is 0. The lowest BCUT2D eigenvalue weighted by Crippen LogP contribution is -2.46. The minimum absolute atomic E-state index is 0.354. The van der Waals surface area contributed by atoms with Crippen LogP contribution in [-0.2, 0) is 0 Å². The van der Waals surface area contributed by atoms with E-state index in [1.54, 1.807) is 9.03 Å². The Hall–Kier alpha value is -6.24. The molecule has 0 unspecified atom stereocenters. The van der Waals surface area contributed by atoms with E-state index in [0.29, 0.717) is 33.7 Å². The highest BCUT2D eigenvalue weighted by atomic mass is 16.4. The molecule has 0 saturated carbocycles. The summed E-state index contributed by atoms with van der Waals surface area (Å²) in [6.45, 7) is 15.6. The molecule has 58 heavy (non-hydrogen) atoms. The number of benzene rings is 2. The number of nitrogens with one attached hydrogen (secondary N) is 1. The van der Waals surface area contributed by atoms with E-state index >= 15 is 0 Å². The fourth-order valence-corrected chi connectivity index (χ4v) is 8.07. The fraction of sp³-hybridized carbons (Fsp3) is 0.304. The molecule has 2 fully saturated rings. The SMILES string of the molecule is CCCN1CCN(c2ccc3cc(-c4cc5cc(C)ccn5n4)c(=O)oc3c2)CC1.Cc1ccn2nc(-c3cc4ccc(N5CCCNCC5)cc4oc3=O)cc2c1. The molecule has 2 aromatic carbocycles. The fourth-order valence-electron chi connectivity index (χ4n) is 8.07. The lowest BCUT2D eigenvalue weighted by atomic mass is 10.1. The average molecular weight is 777 g/mol. The van der Waals surface area contributed by atoms with Gasteiger partial charge in [0.15, 0.2) is 0 Å². The Balaban J connectivity index is 0.000000151. The summed E-state index contributed by atoms with van der Waals surface area (Å²) in [5.74, 6) is 0. The molecule has 8 heterocycles. The van der Waals surface area contributed by atoms with Gasteiger partial charge in [-0.05, 0) is 124 Å². The monoisotopic (exact) mass is 776 g/mol. The van der Waals surface area contributed by atoms with Crippen LogP contribution in [0.1, 0.15) is 30.9 Å². The number of aryl methyl sites for hydroxylation is 2. The van der Waals surface area contributed by atoms with Gasteiger partial charge in [-0.1, -0.05) is 6.92 Å².